The van der Waals surface area contributed by atoms with Crippen molar-refractivity contribution in [2.45, 2.75) is 12.8 Å². The molecule has 2 amide bonds. The summed E-state index contributed by atoms with van der Waals surface area (Å²) in [5, 5.41) is 12.4. The van der Waals surface area contributed by atoms with Crippen molar-refractivity contribution in [3.63, 3.8) is 0 Å². The third kappa shape index (κ3) is 4.63. The molecule has 0 spiro atoms. The molecular formula is C22H24N2O5. The van der Waals surface area contributed by atoms with Gasteiger partial charge < -0.3 is 20.1 Å². The fourth-order valence-corrected chi connectivity index (χ4v) is 3.61. The van der Waals surface area contributed by atoms with Crippen molar-refractivity contribution in [3.8, 4) is 0 Å². The maximum Gasteiger partial charge on any atom is 0.313 e. The highest BCUT2D eigenvalue weighted by Crippen LogP contribution is 2.31. The van der Waals surface area contributed by atoms with Gasteiger partial charge in [-0.05, 0) is 49.2 Å². The molecule has 3 rings (SSSR count). The molecule has 7 heteroatoms. The Bertz CT molecular complexity index is 878. The fourth-order valence-electron chi connectivity index (χ4n) is 3.61. The fraction of sp³-hybridized carbons (Fsp3) is 0.318. The third-order valence-corrected chi connectivity index (χ3v) is 5.16. The van der Waals surface area contributed by atoms with E-state index in [0.29, 0.717) is 36.2 Å². The number of hydrogen-bond donors (Lipinski definition) is 2. The minimum atomic E-state index is -1.09. The lowest BCUT2D eigenvalue weighted by atomic mass is 9.80. The van der Waals surface area contributed by atoms with E-state index in [0.717, 1.165) is 0 Å². The lowest BCUT2D eigenvalue weighted by Crippen LogP contribution is -2.52. The molecule has 2 aromatic rings. The molecule has 1 aliphatic rings. The predicted octanol–water partition coefficient (Wildman–Crippen LogP) is 2.89. The second-order valence-corrected chi connectivity index (χ2v) is 7.25. The molecule has 1 aliphatic heterocycles. The van der Waals surface area contributed by atoms with E-state index in [1.54, 1.807) is 41.3 Å². The Hall–Kier alpha value is -3.19. The molecule has 1 unspecified atom stereocenters. The largest absolute Gasteiger partial charge is 0.481 e. The highest BCUT2D eigenvalue weighted by atomic mass is 16.5. The van der Waals surface area contributed by atoms with Crippen LogP contribution in [0.1, 0.15) is 33.6 Å². The number of methoxy groups -OCH3 is 1. The van der Waals surface area contributed by atoms with Crippen molar-refractivity contribution in [3.05, 3.63) is 65.7 Å². The van der Waals surface area contributed by atoms with Crippen LogP contribution in [0.25, 0.3) is 0 Å². The number of carbonyl (C=O) groups excluding carboxylic acids is 2. The quantitative estimate of drug-likeness (QED) is 0.783. The molecule has 2 N–H and O–H groups in total. The van der Waals surface area contributed by atoms with Gasteiger partial charge in [0.2, 0.25) is 0 Å². The Morgan fingerprint density at radius 1 is 1.07 bits per heavy atom. The zero-order chi connectivity index (χ0) is 20.9. The molecule has 1 heterocycles. The van der Waals surface area contributed by atoms with Gasteiger partial charge in [-0.25, -0.2) is 0 Å². The normalized spacial score (nSPS) is 18.9. The van der Waals surface area contributed by atoms with Gasteiger partial charge >= 0.3 is 5.97 Å². The number of carboxylic acids is 1. The maximum absolute atomic E-state index is 12.9. The molecule has 0 saturated carbocycles. The first-order chi connectivity index (χ1) is 13.9. The SMILES string of the molecule is COCC1(C(=O)O)CCCN(C(=O)c2ccc(C(=O)Nc3ccccc3)cc2)C1. The molecule has 1 fully saturated rings. The zero-order valence-corrected chi connectivity index (χ0v) is 16.3. The number of benzene rings is 2. The lowest BCUT2D eigenvalue weighted by Gasteiger charge is -2.39. The van der Waals surface area contributed by atoms with Crippen LogP contribution in [0.15, 0.2) is 54.6 Å². The summed E-state index contributed by atoms with van der Waals surface area (Å²) < 4.78 is 5.11. The Balaban J connectivity index is 1.70. The molecule has 2 aromatic carbocycles. The summed E-state index contributed by atoms with van der Waals surface area (Å²) in [6.45, 7) is 0.657. The number of piperidine rings is 1. The third-order valence-electron chi connectivity index (χ3n) is 5.16. The number of likely N-dealkylation sites (tertiary alicyclic amines) is 1. The first kappa shape index (κ1) is 20.5. The van der Waals surface area contributed by atoms with E-state index in [1.807, 2.05) is 18.2 Å². The van der Waals surface area contributed by atoms with E-state index in [-0.39, 0.29) is 25.0 Å². The number of rotatable bonds is 6. The molecule has 152 valence electrons. The second-order valence-electron chi connectivity index (χ2n) is 7.25. The van der Waals surface area contributed by atoms with E-state index in [4.69, 9.17) is 4.74 Å². The van der Waals surface area contributed by atoms with Crippen molar-refractivity contribution < 1.29 is 24.2 Å². The van der Waals surface area contributed by atoms with E-state index in [1.165, 1.54) is 7.11 Å². The predicted molar refractivity (Wildman–Crippen MR) is 108 cm³/mol. The molecular weight excluding hydrogens is 372 g/mol. The first-order valence-corrected chi connectivity index (χ1v) is 9.43. The van der Waals surface area contributed by atoms with Crippen LogP contribution in [0.4, 0.5) is 5.69 Å². The van der Waals surface area contributed by atoms with Crippen LogP contribution in [-0.2, 0) is 9.53 Å². The minimum Gasteiger partial charge on any atom is -0.481 e. The van der Waals surface area contributed by atoms with Gasteiger partial charge in [-0.1, -0.05) is 18.2 Å². The number of para-hydroxylation sites is 1. The standard InChI is InChI=1S/C22H24N2O5/c1-29-15-22(21(27)28)12-5-13-24(14-22)20(26)17-10-8-16(9-11-17)19(25)23-18-6-3-2-4-7-18/h2-4,6-11H,5,12-15H2,1H3,(H,23,25)(H,27,28). The van der Waals surface area contributed by atoms with Crippen LogP contribution < -0.4 is 5.32 Å². The van der Waals surface area contributed by atoms with Gasteiger partial charge in [0.1, 0.15) is 5.41 Å². The van der Waals surface area contributed by atoms with Crippen LogP contribution in [0.5, 0.6) is 0 Å². The van der Waals surface area contributed by atoms with Gasteiger partial charge in [-0.2, -0.15) is 0 Å². The molecule has 0 radical (unpaired) electrons. The van der Waals surface area contributed by atoms with E-state index >= 15 is 0 Å². The van der Waals surface area contributed by atoms with E-state index < -0.39 is 11.4 Å². The molecule has 29 heavy (non-hydrogen) atoms. The number of carbonyl (C=O) groups is 3. The summed E-state index contributed by atoms with van der Waals surface area (Å²) in [6, 6.07) is 15.5. The van der Waals surface area contributed by atoms with Crippen molar-refractivity contribution in [1.82, 2.24) is 4.90 Å². The number of ether oxygens (including phenoxy) is 1. The monoisotopic (exact) mass is 396 g/mol. The summed E-state index contributed by atoms with van der Waals surface area (Å²) in [7, 11) is 1.46. The van der Waals surface area contributed by atoms with E-state index in [9.17, 15) is 19.5 Å². The maximum atomic E-state index is 12.9. The second kappa shape index (κ2) is 8.87. The number of nitrogens with zero attached hydrogens (tertiary/aromatic N) is 1. The molecule has 0 aromatic heterocycles. The zero-order valence-electron chi connectivity index (χ0n) is 16.3. The lowest BCUT2D eigenvalue weighted by molar-refractivity contribution is -0.155. The van der Waals surface area contributed by atoms with Crippen molar-refractivity contribution in [1.29, 1.82) is 0 Å². The summed E-state index contributed by atoms with van der Waals surface area (Å²) in [6.07, 6.45) is 1.07. The summed E-state index contributed by atoms with van der Waals surface area (Å²) in [5.41, 5.74) is 0.454. The first-order valence-electron chi connectivity index (χ1n) is 9.43. The molecule has 7 nitrogen and oxygen atoms in total. The van der Waals surface area contributed by atoms with Crippen molar-refractivity contribution in [2.24, 2.45) is 5.41 Å². The Morgan fingerprint density at radius 3 is 2.34 bits per heavy atom. The van der Waals surface area contributed by atoms with Crippen molar-refractivity contribution in [2.75, 3.05) is 32.1 Å². The number of anilines is 1. The van der Waals surface area contributed by atoms with Crippen LogP contribution in [0, 0.1) is 5.41 Å². The van der Waals surface area contributed by atoms with Gasteiger partial charge in [-0.3, -0.25) is 14.4 Å². The average Bonchev–Trinajstić information content (AvgIpc) is 2.74. The number of nitrogens with one attached hydrogen (secondary N) is 1. The summed E-state index contributed by atoms with van der Waals surface area (Å²) >= 11 is 0. The van der Waals surface area contributed by atoms with Crippen LogP contribution in [0.2, 0.25) is 0 Å². The van der Waals surface area contributed by atoms with Gasteiger partial charge in [-0.15, -0.1) is 0 Å². The van der Waals surface area contributed by atoms with E-state index in [2.05, 4.69) is 5.32 Å². The number of hydrogen-bond acceptors (Lipinski definition) is 4. The summed E-state index contributed by atoms with van der Waals surface area (Å²) in [4.78, 5) is 38.6. The van der Waals surface area contributed by atoms with Crippen LogP contribution in [0.3, 0.4) is 0 Å². The minimum absolute atomic E-state index is 0.0602. The van der Waals surface area contributed by atoms with Crippen LogP contribution in [-0.4, -0.2) is 54.6 Å². The summed E-state index contributed by atoms with van der Waals surface area (Å²) in [5.74, 6) is -1.47. The highest BCUT2D eigenvalue weighted by molar-refractivity contribution is 6.05. The van der Waals surface area contributed by atoms with Gasteiger partial charge in [0.05, 0.1) is 6.61 Å². The molecule has 1 atom stereocenters. The Morgan fingerprint density at radius 2 is 1.72 bits per heavy atom. The number of aliphatic carboxylic acids is 1. The van der Waals surface area contributed by atoms with Gasteiger partial charge in [0.15, 0.2) is 0 Å². The average molecular weight is 396 g/mol. The topological polar surface area (TPSA) is 95.9 Å². The highest BCUT2D eigenvalue weighted by Gasteiger charge is 2.44. The van der Waals surface area contributed by atoms with Crippen molar-refractivity contribution >= 4 is 23.5 Å². The van der Waals surface area contributed by atoms with Gasteiger partial charge in [0, 0.05) is 37.0 Å². The number of amides is 2. The molecule has 0 aliphatic carbocycles. The number of carboxylic acid groups (broad SMARTS) is 1. The molecule has 1 saturated heterocycles. The van der Waals surface area contributed by atoms with Crippen LogP contribution >= 0.6 is 0 Å². The van der Waals surface area contributed by atoms with Gasteiger partial charge in [0.25, 0.3) is 11.8 Å². The molecule has 0 bridgehead atoms. The Kier molecular flexibility index (Phi) is 6.29. The smallest absolute Gasteiger partial charge is 0.313 e. The Labute approximate surface area is 169 Å².